The second-order valence-electron chi connectivity index (χ2n) is 5.54. The number of thioether (sulfide) groups is 1. The van der Waals surface area contributed by atoms with Crippen molar-refractivity contribution < 1.29 is 9.53 Å². The van der Waals surface area contributed by atoms with Gasteiger partial charge in [-0.15, -0.1) is 11.8 Å². The molecule has 4 nitrogen and oxygen atoms in total. The molecule has 5 heteroatoms. The summed E-state index contributed by atoms with van der Waals surface area (Å²) in [6, 6.07) is 7.78. The van der Waals surface area contributed by atoms with Crippen molar-refractivity contribution in [3.63, 3.8) is 0 Å². The monoisotopic (exact) mass is 294 g/mol. The summed E-state index contributed by atoms with van der Waals surface area (Å²) in [4.78, 5) is 15.2. The van der Waals surface area contributed by atoms with Gasteiger partial charge in [-0.2, -0.15) is 0 Å². The number of likely N-dealkylation sites (tertiary alicyclic amines) is 1. The molecule has 1 amide bonds. The highest BCUT2D eigenvalue weighted by Crippen LogP contribution is 2.29. The van der Waals surface area contributed by atoms with E-state index < -0.39 is 0 Å². The molecule has 0 spiro atoms. The minimum Gasteiger partial charge on any atom is -0.497 e. The molecule has 0 aromatic heterocycles. The maximum absolute atomic E-state index is 12.2. The molecule has 1 aliphatic rings. The Hall–Kier alpha value is -1.20. The second kappa shape index (κ2) is 6.50. The first kappa shape index (κ1) is 15.2. The van der Waals surface area contributed by atoms with E-state index in [2.05, 4.69) is 6.92 Å². The molecule has 1 atom stereocenters. The van der Waals surface area contributed by atoms with Crippen LogP contribution in [-0.2, 0) is 4.79 Å². The Balaban J connectivity index is 1.83. The van der Waals surface area contributed by atoms with E-state index in [-0.39, 0.29) is 11.3 Å². The standard InChI is InChI=1S/C15H22N2O2S/c1-15(10-16)7-8-17(11-15)14(18)9-20-13-5-3-12(19-2)4-6-13/h3-6H,7-11,16H2,1-2H3. The number of benzene rings is 1. The third kappa shape index (κ3) is 3.67. The first-order valence-electron chi connectivity index (χ1n) is 6.81. The number of rotatable bonds is 5. The molecule has 2 rings (SSSR count). The molecule has 1 unspecified atom stereocenters. The highest BCUT2D eigenvalue weighted by molar-refractivity contribution is 8.00. The molecule has 0 bridgehead atoms. The van der Waals surface area contributed by atoms with Crippen molar-refractivity contribution >= 4 is 17.7 Å². The number of hydrogen-bond acceptors (Lipinski definition) is 4. The predicted octanol–water partition coefficient (Wildman–Crippen LogP) is 1.98. The van der Waals surface area contributed by atoms with Gasteiger partial charge in [-0.1, -0.05) is 6.92 Å². The van der Waals surface area contributed by atoms with E-state index in [0.29, 0.717) is 12.3 Å². The minimum absolute atomic E-state index is 0.0977. The minimum atomic E-state index is 0.0977. The zero-order valence-corrected chi connectivity index (χ0v) is 12.9. The number of carbonyl (C=O) groups excluding carboxylic acids is 1. The normalized spacial score (nSPS) is 22.1. The summed E-state index contributed by atoms with van der Waals surface area (Å²) in [5.41, 5.74) is 5.87. The van der Waals surface area contributed by atoms with Crippen LogP contribution in [0.2, 0.25) is 0 Å². The average molecular weight is 294 g/mol. The Morgan fingerprint density at radius 3 is 2.70 bits per heavy atom. The van der Waals surface area contributed by atoms with Gasteiger partial charge in [0.1, 0.15) is 5.75 Å². The van der Waals surface area contributed by atoms with Crippen molar-refractivity contribution in [1.82, 2.24) is 4.90 Å². The predicted molar refractivity (Wildman–Crippen MR) is 82.1 cm³/mol. The lowest BCUT2D eigenvalue weighted by atomic mass is 9.90. The van der Waals surface area contributed by atoms with Crippen molar-refractivity contribution in [3.05, 3.63) is 24.3 Å². The van der Waals surface area contributed by atoms with Crippen LogP contribution in [0.1, 0.15) is 13.3 Å². The largest absolute Gasteiger partial charge is 0.497 e. The summed E-state index contributed by atoms with van der Waals surface area (Å²) in [5.74, 6) is 1.51. The molecule has 0 radical (unpaired) electrons. The fraction of sp³-hybridized carbons (Fsp3) is 0.533. The molecule has 2 N–H and O–H groups in total. The number of methoxy groups -OCH3 is 1. The molecular formula is C15H22N2O2S. The van der Waals surface area contributed by atoms with Crippen LogP contribution in [0.25, 0.3) is 0 Å². The first-order valence-corrected chi connectivity index (χ1v) is 7.79. The van der Waals surface area contributed by atoms with Crippen molar-refractivity contribution in [3.8, 4) is 5.75 Å². The van der Waals surface area contributed by atoms with E-state index in [9.17, 15) is 4.79 Å². The summed E-state index contributed by atoms with van der Waals surface area (Å²) in [7, 11) is 1.65. The Morgan fingerprint density at radius 2 is 2.15 bits per heavy atom. The average Bonchev–Trinajstić information content (AvgIpc) is 2.89. The van der Waals surface area contributed by atoms with Gasteiger partial charge in [-0.05, 0) is 42.6 Å². The molecular weight excluding hydrogens is 272 g/mol. The van der Waals surface area contributed by atoms with Gasteiger partial charge >= 0.3 is 0 Å². The quantitative estimate of drug-likeness (QED) is 0.844. The van der Waals surface area contributed by atoms with Gasteiger partial charge in [0.25, 0.3) is 0 Å². The van der Waals surface area contributed by atoms with Crippen LogP contribution < -0.4 is 10.5 Å². The van der Waals surface area contributed by atoms with Crippen LogP contribution in [-0.4, -0.2) is 43.3 Å². The Kier molecular flexibility index (Phi) is 4.94. The van der Waals surface area contributed by atoms with Gasteiger partial charge in [0, 0.05) is 18.0 Å². The maximum atomic E-state index is 12.2. The van der Waals surface area contributed by atoms with E-state index in [4.69, 9.17) is 10.5 Å². The molecule has 1 aliphatic heterocycles. The smallest absolute Gasteiger partial charge is 0.232 e. The topological polar surface area (TPSA) is 55.6 Å². The molecule has 1 aromatic carbocycles. The molecule has 20 heavy (non-hydrogen) atoms. The number of amides is 1. The lowest BCUT2D eigenvalue weighted by molar-refractivity contribution is -0.127. The van der Waals surface area contributed by atoms with Crippen molar-refractivity contribution in [2.45, 2.75) is 18.2 Å². The van der Waals surface area contributed by atoms with E-state index >= 15 is 0 Å². The molecule has 0 saturated carbocycles. The van der Waals surface area contributed by atoms with Crippen LogP contribution in [0, 0.1) is 5.41 Å². The van der Waals surface area contributed by atoms with E-state index in [1.807, 2.05) is 29.2 Å². The van der Waals surface area contributed by atoms with Crippen molar-refractivity contribution in [2.24, 2.45) is 11.1 Å². The molecule has 1 aromatic rings. The Bertz CT molecular complexity index is 463. The highest BCUT2D eigenvalue weighted by Gasteiger charge is 2.34. The summed E-state index contributed by atoms with van der Waals surface area (Å²) >= 11 is 1.56. The van der Waals surface area contributed by atoms with Crippen LogP contribution >= 0.6 is 11.8 Å². The number of nitrogens with zero attached hydrogens (tertiary/aromatic N) is 1. The molecule has 1 saturated heterocycles. The number of ether oxygens (including phenoxy) is 1. The maximum Gasteiger partial charge on any atom is 0.232 e. The summed E-state index contributed by atoms with van der Waals surface area (Å²) in [6.45, 7) is 4.40. The first-order chi connectivity index (χ1) is 9.56. The molecule has 110 valence electrons. The van der Waals surface area contributed by atoms with Gasteiger partial charge in [-0.3, -0.25) is 4.79 Å². The zero-order chi connectivity index (χ0) is 14.6. The number of nitrogens with two attached hydrogens (primary N) is 1. The summed E-state index contributed by atoms with van der Waals surface area (Å²) in [5, 5.41) is 0. The third-order valence-corrected chi connectivity index (χ3v) is 4.82. The summed E-state index contributed by atoms with van der Waals surface area (Å²) < 4.78 is 5.12. The fourth-order valence-corrected chi connectivity index (χ4v) is 3.11. The van der Waals surface area contributed by atoms with E-state index in [1.165, 1.54) is 0 Å². The van der Waals surface area contributed by atoms with E-state index in [0.717, 1.165) is 30.2 Å². The van der Waals surface area contributed by atoms with Crippen LogP contribution in [0.3, 0.4) is 0 Å². The molecule has 0 aliphatic carbocycles. The summed E-state index contributed by atoms with van der Waals surface area (Å²) in [6.07, 6.45) is 1.00. The Labute approximate surface area is 124 Å². The number of carbonyl (C=O) groups is 1. The fourth-order valence-electron chi connectivity index (χ4n) is 2.31. The molecule has 1 heterocycles. The van der Waals surface area contributed by atoms with Gasteiger partial charge in [-0.25, -0.2) is 0 Å². The lowest BCUT2D eigenvalue weighted by Gasteiger charge is -2.22. The van der Waals surface area contributed by atoms with Gasteiger partial charge in [0.15, 0.2) is 0 Å². The lowest BCUT2D eigenvalue weighted by Crippen LogP contribution is -2.35. The van der Waals surface area contributed by atoms with Gasteiger partial charge in [0.05, 0.1) is 12.9 Å². The van der Waals surface area contributed by atoms with E-state index in [1.54, 1.807) is 18.9 Å². The van der Waals surface area contributed by atoms with Crippen LogP contribution in [0.5, 0.6) is 5.75 Å². The van der Waals surface area contributed by atoms with Gasteiger partial charge < -0.3 is 15.4 Å². The Morgan fingerprint density at radius 1 is 1.45 bits per heavy atom. The SMILES string of the molecule is COc1ccc(SCC(=O)N2CCC(C)(CN)C2)cc1. The van der Waals surface area contributed by atoms with Gasteiger partial charge in [0.2, 0.25) is 5.91 Å². The van der Waals surface area contributed by atoms with Crippen LogP contribution in [0.15, 0.2) is 29.2 Å². The third-order valence-electron chi connectivity index (χ3n) is 3.83. The second-order valence-corrected chi connectivity index (χ2v) is 6.59. The highest BCUT2D eigenvalue weighted by atomic mass is 32.2. The van der Waals surface area contributed by atoms with Crippen molar-refractivity contribution in [2.75, 3.05) is 32.5 Å². The van der Waals surface area contributed by atoms with Crippen LogP contribution in [0.4, 0.5) is 0 Å². The molecule has 1 fully saturated rings. The van der Waals surface area contributed by atoms with Crippen molar-refractivity contribution in [1.29, 1.82) is 0 Å². The zero-order valence-electron chi connectivity index (χ0n) is 12.1. The number of hydrogen-bond donors (Lipinski definition) is 1.